The molecule has 0 aliphatic rings. The molecule has 1 N–H and O–H groups in total. The number of rotatable bonds is 3. The minimum atomic E-state index is -1.04. The summed E-state index contributed by atoms with van der Waals surface area (Å²) in [6.07, 6.45) is 3.34. The van der Waals surface area contributed by atoms with Gasteiger partial charge in [0.2, 0.25) is 0 Å². The van der Waals surface area contributed by atoms with Crippen LogP contribution in [0.5, 0.6) is 0 Å². The number of nitrogens with zero attached hydrogens (tertiary/aromatic N) is 2. The van der Waals surface area contributed by atoms with E-state index in [1.165, 1.54) is 18.2 Å². The number of carbonyl (C=O) groups is 1. The van der Waals surface area contributed by atoms with Crippen LogP contribution < -0.4 is 0 Å². The highest BCUT2D eigenvalue weighted by molar-refractivity contribution is 5.94. The number of carboxylic acids is 1. The van der Waals surface area contributed by atoms with Crippen LogP contribution in [0.1, 0.15) is 16.1 Å². The van der Waals surface area contributed by atoms with E-state index in [2.05, 4.69) is 4.98 Å². The zero-order valence-corrected chi connectivity index (χ0v) is 10.5. The van der Waals surface area contributed by atoms with Crippen molar-refractivity contribution in [2.75, 3.05) is 0 Å². The first-order chi connectivity index (χ1) is 9.65. The van der Waals surface area contributed by atoms with Crippen molar-refractivity contribution in [3.8, 4) is 0 Å². The molecule has 3 rings (SSSR count). The summed E-state index contributed by atoms with van der Waals surface area (Å²) in [6.45, 7) is 0.380. The first-order valence-corrected chi connectivity index (χ1v) is 6.06. The van der Waals surface area contributed by atoms with E-state index in [0.29, 0.717) is 17.4 Å². The number of benzene rings is 1. The Morgan fingerprint density at radius 1 is 1.30 bits per heavy atom. The zero-order chi connectivity index (χ0) is 14.1. The van der Waals surface area contributed by atoms with Crippen molar-refractivity contribution in [3.05, 3.63) is 65.9 Å². The molecule has 0 atom stereocenters. The lowest BCUT2D eigenvalue weighted by molar-refractivity contribution is 0.0686. The second-order valence-electron chi connectivity index (χ2n) is 4.49. The maximum absolute atomic E-state index is 13.2. The van der Waals surface area contributed by atoms with Gasteiger partial charge in [0.25, 0.3) is 0 Å². The molecule has 20 heavy (non-hydrogen) atoms. The molecule has 0 aliphatic heterocycles. The number of pyridine rings is 1. The average molecular weight is 270 g/mol. The van der Waals surface area contributed by atoms with Gasteiger partial charge in [0, 0.05) is 29.8 Å². The molecule has 100 valence electrons. The summed E-state index contributed by atoms with van der Waals surface area (Å²) in [5.41, 5.74) is 1.71. The van der Waals surface area contributed by atoms with E-state index in [0.717, 1.165) is 5.56 Å². The summed E-state index contributed by atoms with van der Waals surface area (Å²) in [5.74, 6) is -1.42. The second-order valence-corrected chi connectivity index (χ2v) is 4.49. The smallest absolute Gasteiger partial charge is 0.352 e. The van der Waals surface area contributed by atoms with Gasteiger partial charge in [0.15, 0.2) is 0 Å². The molecule has 3 aromatic rings. The lowest BCUT2D eigenvalue weighted by Crippen LogP contribution is -2.09. The van der Waals surface area contributed by atoms with Crippen molar-refractivity contribution in [2.24, 2.45) is 0 Å². The summed E-state index contributed by atoms with van der Waals surface area (Å²) in [6, 6.07) is 9.40. The Hall–Kier alpha value is -2.69. The monoisotopic (exact) mass is 270 g/mol. The molecule has 0 fully saturated rings. The molecule has 2 aromatic heterocycles. The molecule has 0 amide bonds. The molecular formula is C15H11FN2O2. The third-order valence-corrected chi connectivity index (χ3v) is 3.15. The first kappa shape index (κ1) is 12.3. The molecule has 0 saturated heterocycles. The number of aromatic nitrogens is 2. The lowest BCUT2D eigenvalue weighted by atomic mass is 10.2. The predicted molar refractivity (Wildman–Crippen MR) is 72.2 cm³/mol. The van der Waals surface area contributed by atoms with E-state index in [1.54, 1.807) is 29.1 Å². The van der Waals surface area contributed by atoms with E-state index in [1.807, 2.05) is 6.07 Å². The molecule has 2 heterocycles. The fraction of sp³-hybridized carbons (Fsp3) is 0.0667. The molecule has 0 unspecified atom stereocenters. The van der Waals surface area contributed by atoms with Crippen LogP contribution in [0.2, 0.25) is 0 Å². The predicted octanol–water partition coefficient (Wildman–Crippen LogP) is 2.92. The Morgan fingerprint density at radius 3 is 2.85 bits per heavy atom. The SMILES string of the molecule is O=C(O)c1cc2cc(F)ccc2n1Cc1cccnc1. The van der Waals surface area contributed by atoms with Crippen LogP contribution in [0.3, 0.4) is 0 Å². The van der Waals surface area contributed by atoms with E-state index < -0.39 is 5.97 Å². The molecule has 0 aliphatic carbocycles. The highest BCUT2D eigenvalue weighted by Crippen LogP contribution is 2.22. The van der Waals surface area contributed by atoms with Gasteiger partial charge < -0.3 is 9.67 Å². The van der Waals surface area contributed by atoms with Gasteiger partial charge in [0.1, 0.15) is 11.5 Å². The highest BCUT2D eigenvalue weighted by atomic mass is 19.1. The van der Waals surface area contributed by atoms with Crippen molar-refractivity contribution in [3.63, 3.8) is 0 Å². The van der Waals surface area contributed by atoms with Crippen LogP contribution in [0, 0.1) is 5.82 Å². The standard InChI is InChI=1S/C15H11FN2O2/c16-12-3-4-13-11(6-12)7-14(15(19)20)18(13)9-10-2-1-5-17-8-10/h1-8H,9H2,(H,19,20). The maximum atomic E-state index is 13.2. The molecule has 5 heteroatoms. The normalized spacial score (nSPS) is 10.8. The fourth-order valence-electron chi connectivity index (χ4n) is 2.26. The third-order valence-electron chi connectivity index (χ3n) is 3.15. The van der Waals surface area contributed by atoms with Gasteiger partial charge in [0.05, 0.1) is 0 Å². The van der Waals surface area contributed by atoms with Crippen molar-refractivity contribution < 1.29 is 14.3 Å². The van der Waals surface area contributed by atoms with Gasteiger partial charge in [-0.25, -0.2) is 9.18 Å². The number of aromatic carboxylic acids is 1. The van der Waals surface area contributed by atoms with E-state index in [4.69, 9.17) is 0 Å². The molecule has 0 spiro atoms. The Labute approximate surface area is 114 Å². The zero-order valence-electron chi connectivity index (χ0n) is 10.5. The largest absolute Gasteiger partial charge is 0.477 e. The number of hydrogen-bond acceptors (Lipinski definition) is 2. The minimum Gasteiger partial charge on any atom is -0.477 e. The molecular weight excluding hydrogens is 259 g/mol. The van der Waals surface area contributed by atoms with Gasteiger partial charge in [-0.2, -0.15) is 0 Å². The Balaban J connectivity index is 2.16. The number of hydrogen-bond donors (Lipinski definition) is 1. The van der Waals surface area contributed by atoms with Crippen molar-refractivity contribution >= 4 is 16.9 Å². The Kier molecular flexibility index (Phi) is 2.95. The van der Waals surface area contributed by atoms with Crippen molar-refractivity contribution in [2.45, 2.75) is 6.54 Å². The summed E-state index contributed by atoms with van der Waals surface area (Å²) in [5, 5.41) is 9.86. The van der Waals surface area contributed by atoms with E-state index in [-0.39, 0.29) is 11.5 Å². The third kappa shape index (κ3) is 2.14. The van der Waals surface area contributed by atoms with Crippen LogP contribution >= 0.6 is 0 Å². The molecule has 0 saturated carbocycles. The van der Waals surface area contributed by atoms with Gasteiger partial charge in [-0.1, -0.05) is 6.07 Å². The quantitative estimate of drug-likeness (QED) is 0.796. The number of halogens is 1. The molecule has 1 aromatic carbocycles. The Morgan fingerprint density at radius 2 is 2.15 bits per heavy atom. The van der Waals surface area contributed by atoms with Crippen LogP contribution in [-0.2, 0) is 6.54 Å². The van der Waals surface area contributed by atoms with Crippen LogP contribution in [0.15, 0.2) is 48.8 Å². The highest BCUT2D eigenvalue weighted by Gasteiger charge is 2.15. The van der Waals surface area contributed by atoms with Crippen LogP contribution in [-0.4, -0.2) is 20.6 Å². The topological polar surface area (TPSA) is 55.1 Å². The van der Waals surface area contributed by atoms with Crippen LogP contribution in [0.4, 0.5) is 4.39 Å². The minimum absolute atomic E-state index is 0.134. The summed E-state index contributed by atoms with van der Waals surface area (Å²) in [7, 11) is 0. The lowest BCUT2D eigenvalue weighted by Gasteiger charge is -2.08. The molecule has 0 radical (unpaired) electrons. The number of carboxylic acid groups (broad SMARTS) is 1. The van der Waals surface area contributed by atoms with Gasteiger partial charge in [-0.05, 0) is 35.9 Å². The maximum Gasteiger partial charge on any atom is 0.352 e. The Bertz CT molecular complexity index is 781. The van der Waals surface area contributed by atoms with E-state index in [9.17, 15) is 14.3 Å². The van der Waals surface area contributed by atoms with Gasteiger partial charge in [-0.15, -0.1) is 0 Å². The first-order valence-electron chi connectivity index (χ1n) is 6.06. The fourth-order valence-corrected chi connectivity index (χ4v) is 2.26. The van der Waals surface area contributed by atoms with Crippen LogP contribution in [0.25, 0.3) is 10.9 Å². The van der Waals surface area contributed by atoms with Crippen molar-refractivity contribution in [1.82, 2.24) is 9.55 Å². The number of fused-ring (bicyclic) bond motifs is 1. The summed E-state index contributed by atoms with van der Waals surface area (Å²) in [4.78, 5) is 15.3. The second kappa shape index (κ2) is 4.77. The van der Waals surface area contributed by atoms with Gasteiger partial charge >= 0.3 is 5.97 Å². The van der Waals surface area contributed by atoms with Gasteiger partial charge in [-0.3, -0.25) is 4.98 Å². The van der Waals surface area contributed by atoms with E-state index >= 15 is 0 Å². The average Bonchev–Trinajstić information content (AvgIpc) is 2.78. The summed E-state index contributed by atoms with van der Waals surface area (Å²) < 4.78 is 14.9. The summed E-state index contributed by atoms with van der Waals surface area (Å²) >= 11 is 0. The molecule has 4 nitrogen and oxygen atoms in total. The van der Waals surface area contributed by atoms with Crippen molar-refractivity contribution in [1.29, 1.82) is 0 Å². The molecule has 0 bridgehead atoms.